The van der Waals surface area contributed by atoms with Crippen LogP contribution < -0.4 is 0 Å². The van der Waals surface area contributed by atoms with Crippen molar-refractivity contribution in [2.24, 2.45) is 0 Å². The quantitative estimate of drug-likeness (QED) is 0.257. The number of nitrogens with zero attached hydrogens (tertiary/aromatic N) is 2. The van der Waals surface area contributed by atoms with Crippen LogP contribution in [0.2, 0.25) is 19.6 Å². The maximum absolute atomic E-state index is 12.9. The van der Waals surface area contributed by atoms with Crippen molar-refractivity contribution >= 4 is 26.1 Å². The molecule has 0 aromatic heterocycles. The number of esters is 1. The van der Waals surface area contributed by atoms with Crippen LogP contribution >= 0.6 is 0 Å². The molecule has 1 aromatic carbocycles. The van der Waals surface area contributed by atoms with Gasteiger partial charge in [0.25, 0.3) is 5.69 Å². The third kappa shape index (κ3) is 7.41. The van der Waals surface area contributed by atoms with Gasteiger partial charge in [0.15, 0.2) is 14.4 Å². The molecule has 10 heteroatoms. The number of para-hydroxylation sites is 1. The first-order chi connectivity index (χ1) is 13.7. The third-order valence-electron chi connectivity index (χ3n) is 3.83. The SMILES string of the molecule is CCOC(=O)C(C(O[Si](C)(C)C)c1ccccc1[N+](=O)[O-])N(C)C(=O)OC(C)(C)C. The average Bonchev–Trinajstić information content (AvgIpc) is 2.58. The molecular weight excluding hydrogens is 408 g/mol. The van der Waals surface area contributed by atoms with Crippen molar-refractivity contribution in [1.29, 1.82) is 0 Å². The number of rotatable bonds is 8. The minimum Gasteiger partial charge on any atom is -0.464 e. The van der Waals surface area contributed by atoms with E-state index in [1.54, 1.807) is 33.8 Å². The number of carbonyl (C=O) groups is 2. The summed E-state index contributed by atoms with van der Waals surface area (Å²) in [4.78, 5) is 37.9. The highest BCUT2D eigenvalue weighted by molar-refractivity contribution is 6.69. The second-order valence-electron chi connectivity index (χ2n) is 8.75. The zero-order chi connectivity index (χ0) is 23.3. The number of amides is 1. The van der Waals surface area contributed by atoms with Gasteiger partial charge in [-0.15, -0.1) is 0 Å². The lowest BCUT2D eigenvalue weighted by molar-refractivity contribution is -0.386. The van der Waals surface area contributed by atoms with E-state index < -0.39 is 43.1 Å². The van der Waals surface area contributed by atoms with E-state index >= 15 is 0 Å². The first-order valence-corrected chi connectivity index (χ1v) is 13.1. The van der Waals surface area contributed by atoms with Crippen molar-refractivity contribution < 1.29 is 28.4 Å². The highest BCUT2D eigenvalue weighted by Gasteiger charge is 2.43. The van der Waals surface area contributed by atoms with Crippen LogP contribution in [-0.4, -0.2) is 55.5 Å². The van der Waals surface area contributed by atoms with Crippen LogP contribution in [0.3, 0.4) is 0 Å². The van der Waals surface area contributed by atoms with Crippen molar-refractivity contribution in [3.8, 4) is 0 Å². The fourth-order valence-corrected chi connectivity index (χ4v) is 3.75. The minimum absolute atomic E-state index is 0.0774. The molecule has 1 amide bonds. The van der Waals surface area contributed by atoms with Crippen LogP contribution in [-0.2, 0) is 18.7 Å². The van der Waals surface area contributed by atoms with Gasteiger partial charge in [0.2, 0.25) is 0 Å². The first kappa shape index (κ1) is 25.6. The Labute approximate surface area is 178 Å². The summed E-state index contributed by atoms with van der Waals surface area (Å²) in [7, 11) is -0.935. The molecule has 0 N–H and O–H groups in total. The van der Waals surface area contributed by atoms with Crippen LogP contribution in [0.25, 0.3) is 0 Å². The summed E-state index contributed by atoms with van der Waals surface area (Å²) >= 11 is 0. The molecule has 168 valence electrons. The predicted molar refractivity (Wildman–Crippen MR) is 115 cm³/mol. The number of nitro groups is 1. The Morgan fingerprint density at radius 2 is 1.77 bits per heavy atom. The average molecular weight is 441 g/mol. The van der Waals surface area contributed by atoms with E-state index in [0.29, 0.717) is 0 Å². The molecule has 0 fully saturated rings. The molecule has 0 spiro atoms. The van der Waals surface area contributed by atoms with E-state index in [1.165, 1.54) is 25.2 Å². The van der Waals surface area contributed by atoms with Crippen molar-refractivity contribution in [2.75, 3.05) is 13.7 Å². The van der Waals surface area contributed by atoms with E-state index in [-0.39, 0.29) is 17.9 Å². The van der Waals surface area contributed by atoms with Crippen molar-refractivity contribution in [1.82, 2.24) is 4.90 Å². The van der Waals surface area contributed by atoms with Crippen LogP contribution in [0.5, 0.6) is 0 Å². The van der Waals surface area contributed by atoms with Gasteiger partial charge in [-0.25, -0.2) is 9.59 Å². The Morgan fingerprint density at radius 3 is 2.23 bits per heavy atom. The monoisotopic (exact) mass is 440 g/mol. The molecule has 0 saturated heterocycles. The Morgan fingerprint density at radius 1 is 1.20 bits per heavy atom. The first-order valence-electron chi connectivity index (χ1n) is 9.71. The molecule has 1 aromatic rings. The number of benzene rings is 1. The van der Waals surface area contributed by atoms with Crippen LogP contribution in [0, 0.1) is 10.1 Å². The van der Waals surface area contributed by atoms with Crippen LogP contribution in [0.4, 0.5) is 10.5 Å². The molecule has 0 heterocycles. The largest absolute Gasteiger partial charge is 0.464 e. The number of hydrogen-bond donors (Lipinski definition) is 0. The summed E-state index contributed by atoms with van der Waals surface area (Å²) in [6, 6.07) is 4.75. The van der Waals surface area contributed by atoms with Crippen LogP contribution in [0.15, 0.2) is 24.3 Å². The predicted octanol–water partition coefficient (Wildman–Crippen LogP) is 4.29. The molecule has 1 rings (SSSR count). The summed E-state index contributed by atoms with van der Waals surface area (Å²) in [5.41, 5.74) is -0.802. The van der Waals surface area contributed by atoms with Gasteiger partial charge in [0.05, 0.1) is 17.1 Å². The van der Waals surface area contributed by atoms with Gasteiger partial charge >= 0.3 is 12.1 Å². The van der Waals surface area contributed by atoms with Gasteiger partial charge in [-0.2, -0.15) is 0 Å². The Bertz CT molecular complexity index is 771. The lowest BCUT2D eigenvalue weighted by Gasteiger charge is -2.36. The molecule has 2 atom stereocenters. The van der Waals surface area contributed by atoms with Gasteiger partial charge < -0.3 is 13.9 Å². The summed E-state index contributed by atoms with van der Waals surface area (Å²) in [5.74, 6) is -0.729. The van der Waals surface area contributed by atoms with E-state index in [1.807, 2.05) is 19.6 Å². The third-order valence-corrected chi connectivity index (χ3v) is 4.80. The minimum atomic E-state index is -2.33. The zero-order valence-electron chi connectivity index (χ0n) is 18.9. The van der Waals surface area contributed by atoms with Crippen molar-refractivity contribution in [2.45, 2.75) is 65.1 Å². The highest BCUT2D eigenvalue weighted by atomic mass is 28.4. The number of likely N-dealkylation sites (N-methyl/N-ethyl adjacent to an activating group) is 1. The maximum Gasteiger partial charge on any atom is 0.410 e. The van der Waals surface area contributed by atoms with Gasteiger partial charge in [-0.05, 0) is 53.4 Å². The van der Waals surface area contributed by atoms with Crippen LogP contribution in [0.1, 0.15) is 39.4 Å². The number of carbonyl (C=O) groups excluding carboxylic acids is 2. The number of hydrogen-bond acceptors (Lipinski definition) is 7. The molecule has 0 aliphatic rings. The van der Waals surface area contributed by atoms with E-state index in [2.05, 4.69) is 0 Å². The van der Waals surface area contributed by atoms with E-state index in [4.69, 9.17) is 13.9 Å². The Balaban J connectivity index is 3.59. The van der Waals surface area contributed by atoms with E-state index in [0.717, 1.165) is 4.90 Å². The summed E-state index contributed by atoms with van der Waals surface area (Å²) in [6.45, 7) is 12.5. The molecule has 9 nitrogen and oxygen atoms in total. The molecule has 0 bridgehead atoms. The van der Waals surface area contributed by atoms with E-state index in [9.17, 15) is 19.7 Å². The molecule has 30 heavy (non-hydrogen) atoms. The smallest absolute Gasteiger partial charge is 0.410 e. The molecule has 0 radical (unpaired) electrons. The fraction of sp³-hybridized carbons (Fsp3) is 0.600. The molecule has 0 aliphatic heterocycles. The van der Waals surface area contributed by atoms with Gasteiger partial charge in [0, 0.05) is 13.1 Å². The highest BCUT2D eigenvalue weighted by Crippen LogP contribution is 2.35. The maximum atomic E-state index is 12.9. The van der Waals surface area contributed by atoms with Crippen molar-refractivity contribution in [3.63, 3.8) is 0 Å². The lowest BCUT2D eigenvalue weighted by Crippen LogP contribution is -2.51. The fourth-order valence-electron chi connectivity index (χ4n) is 2.73. The number of ether oxygens (including phenoxy) is 2. The summed E-state index contributed by atoms with van der Waals surface area (Å²) in [5, 5.41) is 11.6. The van der Waals surface area contributed by atoms with Gasteiger partial charge in [-0.1, -0.05) is 12.1 Å². The van der Waals surface area contributed by atoms with Gasteiger partial charge in [-0.3, -0.25) is 15.0 Å². The molecule has 2 unspecified atom stereocenters. The zero-order valence-corrected chi connectivity index (χ0v) is 19.9. The second-order valence-corrected chi connectivity index (χ2v) is 13.2. The molecular formula is C20H32N2O7Si. The number of nitro benzene ring substituents is 1. The molecule has 0 saturated carbocycles. The lowest BCUT2D eigenvalue weighted by atomic mass is 9.99. The normalized spacial score (nSPS) is 13.9. The van der Waals surface area contributed by atoms with Gasteiger partial charge in [0.1, 0.15) is 11.7 Å². The Hall–Kier alpha value is -2.46. The molecule has 0 aliphatic carbocycles. The Kier molecular flexibility index (Phi) is 8.55. The standard InChI is InChI=1S/C20H32N2O7Si/c1-9-27-18(23)16(21(5)19(24)28-20(2,3)4)17(29-30(6,7)8)14-12-10-11-13-15(14)22(25)26/h10-13,16-17H,9H2,1-8H3. The van der Waals surface area contributed by atoms with Crippen molar-refractivity contribution in [3.05, 3.63) is 39.9 Å². The summed E-state index contributed by atoms with van der Waals surface area (Å²) in [6.07, 6.45) is -1.86. The summed E-state index contributed by atoms with van der Waals surface area (Å²) < 4.78 is 16.8. The second kappa shape index (κ2) is 10.0. The topological polar surface area (TPSA) is 108 Å².